The molecule has 1 aliphatic rings. The lowest BCUT2D eigenvalue weighted by Gasteiger charge is -2.34. The van der Waals surface area contributed by atoms with Crippen molar-refractivity contribution < 1.29 is 4.79 Å². The van der Waals surface area contributed by atoms with Crippen LogP contribution in [0.25, 0.3) is 0 Å². The third kappa shape index (κ3) is 2.98. The Hall–Kier alpha value is -1.53. The van der Waals surface area contributed by atoms with Crippen LogP contribution in [-0.4, -0.2) is 53.5 Å². The average Bonchev–Trinajstić information content (AvgIpc) is 2.40. The number of nitrogens with one attached hydrogen (secondary N) is 2. The Morgan fingerprint density at radius 3 is 3.29 bits per heavy atom. The standard InChI is InChI=1S/C11H17N5O/c1-12-11(17)10-6-13-4-5-16(10)7-9-2-3-14-8-15-9/h2-3,8,10,13H,4-7H2,1H3,(H,12,17). The molecule has 1 saturated heterocycles. The third-order valence-corrected chi connectivity index (χ3v) is 2.91. The van der Waals surface area contributed by atoms with Crippen LogP contribution in [-0.2, 0) is 11.3 Å². The first-order valence-corrected chi connectivity index (χ1v) is 5.72. The van der Waals surface area contributed by atoms with E-state index in [4.69, 9.17) is 0 Å². The van der Waals surface area contributed by atoms with E-state index in [1.165, 1.54) is 6.33 Å². The number of piperazine rings is 1. The monoisotopic (exact) mass is 235 g/mol. The molecule has 1 aliphatic heterocycles. The van der Waals surface area contributed by atoms with Crippen LogP contribution < -0.4 is 10.6 Å². The van der Waals surface area contributed by atoms with Gasteiger partial charge < -0.3 is 10.6 Å². The Morgan fingerprint density at radius 1 is 1.71 bits per heavy atom. The lowest BCUT2D eigenvalue weighted by Crippen LogP contribution is -2.56. The summed E-state index contributed by atoms with van der Waals surface area (Å²) in [5.41, 5.74) is 0.941. The van der Waals surface area contributed by atoms with Crippen LogP contribution >= 0.6 is 0 Å². The van der Waals surface area contributed by atoms with E-state index in [1.807, 2.05) is 6.07 Å². The van der Waals surface area contributed by atoms with Crippen LogP contribution in [0.4, 0.5) is 0 Å². The summed E-state index contributed by atoms with van der Waals surface area (Å²) in [6.45, 7) is 3.12. The van der Waals surface area contributed by atoms with E-state index in [0.717, 1.165) is 18.8 Å². The number of aromatic nitrogens is 2. The molecule has 1 fully saturated rings. The molecular weight excluding hydrogens is 218 g/mol. The van der Waals surface area contributed by atoms with Crippen molar-refractivity contribution >= 4 is 5.91 Å². The number of hydrogen-bond acceptors (Lipinski definition) is 5. The molecule has 0 spiro atoms. The molecule has 0 bridgehead atoms. The van der Waals surface area contributed by atoms with E-state index in [2.05, 4.69) is 25.5 Å². The minimum absolute atomic E-state index is 0.0475. The number of amides is 1. The van der Waals surface area contributed by atoms with Gasteiger partial charge in [0.1, 0.15) is 12.4 Å². The lowest BCUT2D eigenvalue weighted by atomic mass is 10.1. The minimum atomic E-state index is -0.122. The van der Waals surface area contributed by atoms with Gasteiger partial charge in [0.2, 0.25) is 5.91 Å². The summed E-state index contributed by atoms with van der Waals surface area (Å²) < 4.78 is 0. The summed E-state index contributed by atoms with van der Waals surface area (Å²) in [6, 6.07) is 1.76. The molecule has 0 radical (unpaired) electrons. The van der Waals surface area contributed by atoms with E-state index < -0.39 is 0 Å². The number of nitrogens with zero attached hydrogens (tertiary/aromatic N) is 3. The fourth-order valence-electron chi connectivity index (χ4n) is 1.98. The molecule has 2 rings (SSSR count). The van der Waals surface area contributed by atoms with Crippen molar-refractivity contribution in [2.75, 3.05) is 26.7 Å². The van der Waals surface area contributed by atoms with Crippen molar-refractivity contribution in [1.29, 1.82) is 0 Å². The summed E-state index contributed by atoms with van der Waals surface area (Å²) in [5.74, 6) is 0.0475. The highest BCUT2D eigenvalue weighted by Gasteiger charge is 2.27. The van der Waals surface area contributed by atoms with Crippen molar-refractivity contribution in [1.82, 2.24) is 25.5 Å². The van der Waals surface area contributed by atoms with E-state index in [0.29, 0.717) is 13.1 Å². The Bertz CT molecular complexity index is 369. The van der Waals surface area contributed by atoms with Crippen LogP contribution in [0.2, 0.25) is 0 Å². The van der Waals surface area contributed by atoms with Gasteiger partial charge in [-0.05, 0) is 6.07 Å². The summed E-state index contributed by atoms with van der Waals surface area (Å²) in [5, 5.41) is 5.93. The molecule has 6 nitrogen and oxygen atoms in total. The van der Waals surface area contributed by atoms with Gasteiger partial charge in [-0.15, -0.1) is 0 Å². The molecule has 92 valence electrons. The van der Waals surface area contributed by atoms with Gasteiger partial charge in [0, 0.05) is 39.4 Å². The topological polar surface area (TPSA) is 70.2 Å². The molecular formula is C11H17N5O. The van der Waals surface area contributed by atoms with Crippen LogP contribution in [0.1, 0.15) is 5.69 Å². The number of likely N-dealkylation sites (N-methyl/N-ethyl adjacent to an activating group) is 1. The molecule has 17 heavy (non-hydrogen) atoms. The lowest BCUT2D eigenvalue weighted by molar-refractivity contribution is -0.126. The first-order chi connectivity index (χ1) is 8.31. The van der Waals surface area contributed by atoms with Crippen LogP contribution in [0, 0.1) is 0 Å². The molecule has 2 heterocycles. The second-order valence-electron chi connectivity index (χ2n) is 4.01. The van der Waals surface area contributed by atoms with Gasteiger partial charge in [0.05, 0.1) is 5.69 Å². The fourth-order valence-corrected chi connectivity index (χ4v) is 1.98. The molecule has 1 aromatic rings. The first-order valence-electron chi connectivity index (χ1n) is 5.72. The molecule has 2 N–H and O–H groups in total. The van der Waals surface area contributed by atoms with Crippen molar-refractivity contribution in [2.45, 2.75) is 12.6 Å². The van der Waals surface area contributed by atoms with Crippen LogP contribution in [0.5, 0.6) is 0 Å². The Balaban J connectivity index is 2.04. The van der Waals surface area contributed by atoms with Gasteiger partial charge in [0.25, 0.3) is 0 Å². The largest absolute Gasteiger partial charge is 0.358 e. The SMILES string of the molecule is CNC(=O)C1CNCCN1Cc1ccncn1. The molecule has 1 aromatic heterocycles. The van der Waals surface area contributed by atoms with Gasteiger partial charge in [0.15, 0.2) is 0 Å². The Morgan fingerprint density at radius 2 is 2.59 bits per heavy atom. The zero-order valence-electron chi connectivity index (χ0n) is 9.89. The van der Waals surface area contributed by atoms with Gasteiger partial charge in [-0.2, -0.15) is 0 Å². The summed E-state index contributed by atoms with van der Waals surface area (Å²) >= 11 is 0. The summed E-state index contributed by atoms with van der Waals surface area (Å²) in [6.07, 6.45) is 3.26. The Kier molecular flexibility index (Phi) is 4.00. The first kappa shape index (κ1) is 11.9. The second-order valence-corrected chi connectivity index (χ2v) is 4.01. The maximum absolute atomic E-state index is 11.7. The van der Waals surface area contributed by atoms with E-state index in [1.54, 1.807) is 13.2 Å². The number of carbonyl (C=O) groups excluding carboxylic acids is 1. The quantitative estimate of drug-likeness (QED) is 0.703. The van der Waals surface area contributed by atoms with Crippen LogP contribution in [0.15, 0.2) is 18.6 Å². The number of rotatable bonds is 3. The maximum Gasteiger partial charge on any atom is 0.238 e. The zero-order valence-corrected chi connectivity index (χ0v) is 9.89. The zero-order chi connectivity index (χ0) is 12.1. The van der Waals surface area contributed by atoms with Crippen LogP contribution in [0.3, 0.4) is 0 Å². The highest BCUT2D eigenvalue weighted by atomic mass is 16.2. The highest BCUT2D eigenvalue weighted by molar-refractivity contribution is 5.81. The predicted molar refractivity (Wildman–Crippen MR) is 63.2 cm³/mol. The number of hydrogen-bond donors (Lipinski definition) is 2. The van der Waals surface area contributed by atoms with Crippen molar-refractivity contribution in [3.05, 3.63) is 24.3 Å². The molecule has 0 aliphatic carbocycles. The summed E-state index contributed by atoms with van der Waals surface area (Å²) in [4.78, 5) is 22.0. The van der Waals surface area contributed by atoms with Crippen molar-refractivity contribution in [2.24, 2.45) is 0 Å². The predicted octanol–water partition coefficient (Wildman–Crippen LogP) is -1.00. The second kappa shape index (κ2) is 5.70. The van der Waals surface area contributed by atoms with Gasteiger partial charge in [-0.3, -0.25) is 9.69 Å². The Labute approximate surface area is 100 Å². The molecule has 0 saturated carbocycles. The molecule has 6 heteroatoms. The third-order valence-electron chi connectivity index (χ3n) is 2.91. The van der Waals surface area contributed by atoms with Gasteiger partial charge >= 0.3 is 0 Å². The normalized spacial score (nSPS) is 21.1. The molecule has 1 atom stereocenters. The number of carbonyl (C=O) groups is 1. The van der Waals surface area contributed by atoms with Crippen molar-refractivity contribution in [3.8, 4) is 0 Å². The minimum Gasteiger partial charge on any atom is -0.358 e. The van der Waals surface area contributed by atoms with Gasteiger partial charge in [-0.1, -0.05) is 0 Å². The van der Waals surface area contributed by atoms with E-state index >= 15 is 0 Å². The summed E-state index contributed by atoms with van der Waals surface area (Å²) in [7, 11) is 1.67. The molecule has 1 amide bonds. The fraction of sp³-hybridized carbons (Fsp3) is 0.545. The average molecular weight is 235 g/mol. The van der Waals surface area contributed by atoms with E-state index in [9.17, 15) is 4.79 Å². The highest BCUT2D eigenvalue weighted by Crippen LogP contribution is 2.08. The van der Waals surface area contributed by atoms with Crippen molar-refractivity contribution in [3.63, 3.8) is 0 Å². The molecule has 1 unspecified atom stereocenters. The maximum atomic E-state index is 11.7. The van der Waals surface area contributed by atoms with E-state index in [-0.39, 0.29) is 11.9 Å². The smallest absolute Gasteiger partial charge is 0.238 e. The van der Waals surface area contributed by atoms with Gasteiger partial charge in [-0.25, -0.2) is 9.97 Å². The molecule has 0 aromatic carbocycles.